The van der Waals surface area contributed by atoms with Crippen LogP contribution < -0.4 is 10.6 Å². The molecule has 1 aromatic carbocycles. The number of nitrogens with zero attached hydrogens (tertiary/aromatic N) is 1. The molecule has 0 aliphatic carbocycles. The quantitative estimate of drug-likeness (QED) is 0.529. The molecule has 0 aromatic heterocycles. The SMILES string of the molecule is Cc1ccc(N(C)C)c(C(=N)N)c1. The Hall–Kier alpha value is -1.51. The van der Waals surface area contributed by atoms with E-state index in [4.69, 9.17) is 11.1 Å². The highest BCUT2D eigenvalue weighted by atomic mass is 15.1. The van der Waals surface area contributed by atoms with Gasteiger partial charge in [0.2, 0.25) is 0 Å². The van der Waals surface area contributed by atoms with E-state index in [0.717, 1.165) is 16.8 Å². The lowest BCUT2D eigenvalue weighted by atomic mass is 10.1. The van der Waals surface area contributed by atoms with Crippen LogP contribution in [-0.2, 0) is 0 Å². The fraction of sp³-hybridized carbons (Fsp3) is 0.300. The minimum atomic E-state index is 0.118. The predicted molar refractivity (Wildman–Crippen MR) is 56.5 cm³/mol. The summed E-state index contributed by atoms with van der Waals surface area (Å²) in [6.07, 6.45) is 0. The molecular formula is C10H15N3. The summed E-state index contributed by atoms with van der Waals surface area (Å²) >= 11 is 0. The standard InChI is InChI=1S/C10H15N3/c1-7-4-5-9(13(2)3)8(6-7)10(11)12/h4-6H,1-3H3,(H3,11,12). The van der Waals surface area contributed by atoms with Gasteiger partial charge < -0.3 is 10.6 Å². The van der Waals surface area contributed by atoms with Crippen LogP contribution in [0.25, 0.3) is 0 Å². The molecule has 0 fully saturated rings. The fourth-order valence-corrected chi connectivity index (χ4v) is 1.26. The smallest absolute Gasteiger partial charge is 0.124 e. The van der Waals surface area contributed by atoms with Crippen molar-refractivity contribution >= 4 is 11.5 Å². The third kappa shape index (κ3) is 1.99. The van der Waals surface area contributed by atoms with Gasteiger partial charge in [0, 0.05) is 25.3 Å². The number of benzene rings is 1. The van der Waals surface area contributed by atoms with Gasteiger partial charge in [0.15, 0.2) is 0 Å². The van der Waals surface area contributed by atoms with Crippen molar-refractivity contribution in [3.63, 3.8) is 0 Å². The molecule has 0 radical (unpaired) electrons. The summed E-state index contributed by atoms with van der Waals surface area (Å²) in [6, 6.07) is 5.92. The van der Waals surface area contributed by atoms with Crippen molar-refractivity contribution < 1.29 is 0 Å². The molecule has 0 heterocycles. The molecule has 0 saturated heterocycles. The van der Waals surface area contributed by atoms with E-state index in [2.05, 4.69) is 0 Å². The molecule has 0 bridgehead atoms. The molecule has 3 heteroatoms. The van der Waals surface area contributed by atoms with E-state index in [1.54, 1.807) is 0 Å². The third-order valence-corrected chi connectivity index (χ3v) is 1.92. The summed E-state index contributed by atoms with van der Waals surface area (Å²) in [5.41, 5.74) is 8.38. The van der Waals surface area contributed by atoms with Crippen LogP contribution in [0.1, 0.15) is 11.1 Å². The van der Waals surface area contributed by atoms with Crippen LogP contribution in [0, 0.1) is 12.3 Å². The van der Waals surface area contributed by atoms with Gasteiger partial charge >= 0.3 is 0 Å². The maximum absolute atomic E-state index is 7.42. The predicted octanol–water partition coefficient (Wildman–Crippen LogP) is 1.35. The second-order valence-electron chi connectivity index (χ2n) is 3.33. The number of hydrogen-bond acceptors (Lipinski definition) is 2. The first-order valence-electron chi connectivity index (χ1n) is 4.14. The van der Waals surface area contributed by atoms with E-state index < -0.39 is 0 Å². The second kappa shape index (κ2) is 3.47. The lowest BCUT2D eigenvalue weighted by Crippen LogP contribution is -2.18. The Morgan fingerprint density at radius 3 is 2.46 bits per heavy atom. The van der Waals surface area contributed by atoms with Crippen LogP contribution in [0.5, 0.6) is 0 Å². The molecule has 3 N–H and O–H groups in total. The minimum absolute atomic E-state index is 0.118. The number of anilines is 1. The molecule has 70 valence electrons. The summed E-state index contributed by atoms with van der Waals surface area (Å²) in [7, 11) is 3.88. The van der Waals surface area contributed by atoms with Crippen molar-refractivity contribution in [2.24, 2.45) is 5.73 Å². The average Bonchev–Trinajstić information content (AvgIpc) is 2.03. The van der Waals surface area contributed by atoms with Crippen LogP contribution in [0.3, 0.4) is 0 Å². The Morgan fingerprint density at radius 1 is 1.38 bits per heavy atom. The molecule has 0 spiro atoms. The maximum atomic E-state index is 7.42. The van der Waals surface area contributed by atoms with Crippen molar-refractivity contribution in [1.82, 2.24) is 0 Å². The first-order chi connectivity index (χ1) is 6.02. The number of nitrogens with two attached hydrogens (primary N) is 1. The first-order valence-corrected chi connectivity index (χ1v) is 4.14. The van der Waals surface area contributed by atoms with E-state index >= 15 is 0 Å². The molecule has 3 nitrogen and oxygen atoms in total. The third-order valence-electron chi connectivity index (χ3n) is 1.92. The van der Waals surface area contributed by atoms with Crippen LogP contribution >= 0.6 is 0 Å². The van der Waals surface area contributed by atoms with Gasteiger partial charge in [0.25, 0.3) is 0 Å². The van der Waals surface area contributed by atoms with Crippen LogP contribution in [0.2, 0.25) is 0 Å². The van der Waals surface area contributed by atoms with E-state index in [9.17, 15) is 0 Å². The number of nitrogens with one attached hydrogen (secondary N) is 1. The molecule has 0 saturated carbocycles. The summed E-state index contributed by atoms with van der Waals surface area (Å²) in [6.45, 7) is 1.99. The van der Waals surface area contributed by atoms with Crippen molar-refractivity contribution in [3.05, 3.63) is 29.3 Å². The van der Waals surface area contributed by atoms with Gasteiger partial charge in [-0.05, 0) is 19.1 Å². The molecule has 0 aliphatic rings. The van der Waals surface area contributed by atoms with Crippen LogP contribution in [0.4, 0.5) is 5.69 Å². The van der Waals surface area contributed by atoms with Crippen LogP contribution in [0.15, 0.2) is 18.2 Å². The minimum Gasteiger partial charge on any atom is -0.384 e. The van der Waals surface area contributed by atoms with Gasteiger partial charge in [-0.2, -0.15) is 0 Å². The Bertz CT molecular complexity index is 329. The Labute approximate surface area is 78.7 Å². The summed E-state index contributed by atoms with van der Waals surface area (Å²) in [4.78, 5) is 1.95. The number of nitrogen functional groups attached to an aromatic ring is 1. The number of amidine groups is 1. The highest BCUT2D eigenvalue weighted by Gasteiger charge is 2.06. The highest BCUT2D eigenvalue weighted by molar-refractivity contribution is 6.00. The van der Waals surface area contributed by atoms with Gasteiger partial charge in [-0.1, -0.05) is 11.6 Å². The number of rotatable bonds is 2. The van der Waals surface area contributed by atoms with Crippen LogP contribution in [-0.4, -0.2) is 19.9 Å². The van der Waals surface area contributed by atoms with Gasteiger partial charge in [-0.15, -0.1) is 0 Å². The van der Waals surface area contributed by atoms with Gasteiger partial charge in [0.1, 0.15) is 5.84 Å². The zero-order valence-corrected chi connectivity index (χ0v) is 8.26. The monoisotopic (exact) mass is 177 g/mol. The summed E-state index contributed by atoms with van der Waals surface area (Å²) in [5, 5.41) is 7.42. The lowest BCUT2D eigenvalue weighted by molar-refractivity contribution is 1.12. The summed E-state index contributed by atoms with van der Waals surface area (Å²) in [5.74, 6) is 0.118. The second-order valence-corrected chi connectivity index (χ2v) is 3.33. The zero-order valence-electron chi connectivity index (χ0n) is 8.26. The van der Waals surface area contributed by atoms with Gasteiger partial charge in [-0.3, -0.25) is 5.41 Å². The molecule has 0 aliphatic heterocycles. The van der Waals surface area contributed by atoms with Crippen molar-refractivity contribution in [3.8, 4) is 0 Å². The van der Waals surface area contributed by atoms with Gasteiger partial charge in [0.05, 0.1) is 0 Å². The molecule has 13 heavy (non-hydrogen) atoms. The normalized spacial score (nSPS) is 9.77. The van der Waals surface area contributed by atoms with Crippen molar-refractivity contribution in [2.75, 3.05) is 19.0 Å². The molecule has 0 unspecified atom stereocenters. The molecule has 0 amide bonds. The van der Waals surface area contributed by atoms with Crippen molar-refractivity contribution in [2.45, 2.75) is 6.92 Å². The fourth-order valence-electron chi connectivity index (χ4n) is 1.26. The number of hydrogen-bond donors (Lipinski definition) is 2. The van der Waals surface area contributed by atoms with E-state index in [0.29, 0.717) is 0 Å². The molecule has 0 atom stereocenters. The molecule has 1 rings (SSSR count). The van der Waals surface area contributed by atoms with Crippen molar-refractivity contribution in [1.29, 1.82) is 5.41 Å². The Morgan fingerprint density at radius 2 is 2.00 bits per heavy atom. The van der Waals surface area contributed by atoms with Gasteiger partial charge in [-0.25, -0.2) is 0 Å². The highest BCUT2D eigenvalue weighted by Crippen LogP contribution is 2.18. The first kappa shape index (κ1) is 9.58. The lowest BCUT2D eigenvalue weighted by Gasteiger charge is -2.17. The Balaban J connectivity index is 3.27. The average molecular weight is 177 g/mol. The molecular weight excluding hydrogens is 162 g/mol. The topological polar surface area (TPSA) is 53.1 Å². The zero-order chi connectivity index (χ0) is 10.0. The largest absolute Gasteiger partial charge is 0.384 e. The number of aryl methyl sites for hydroxylation is 1. The van der Waals surface area contributed by atoms with E-state index in [1.165, 1.54) is 0 Å². The maximum Gasteiger partial charge on any atom is 0.124 e. The van der Waals surface area contributed by atoms with E-state index in [1.807, 2.05) is 44.1 Å². The van der Waals surface area contributed by atoms with E-state index in [-0.39, 0.29) is 5.84 Å². The summed E-state index contributed by atoms with van der Waals surface area (Å²) < 4.78 is 0. The Kier molecular flexibility index (Phi) is 2.56. The molecule has 1 aromatic rings.